The van der Waals surface area contributed by atoms with Gasteiger partial charge in [-0.2, -0.15) is 0 Å². The van der Waals surface area contributed by atoms with Gasteiger partial charge in [0.1, 0.15) is 5.82 Å². The van der Waals surface area contributed by atoms with E-state index < -0.39 is 0 Å². The maximum absolute atomic E-state index is 13.9. The lowest BCUT2D eigenvalue weighted by Gasteiger charge is -2.23. The number of nitrogens with zero attached hydrogens (tertiary/aromatic N) is 1. The third-order valence-electron chi connectivity index (χ3n) is 3.38. The highest BCUT2D eigenvalue weighted by Crippen LogP contribution is 2.30. The second kappa shape index (κ2) is 6.70. The van der Waals surface area contributed by atoms with E-state index in [9.17, 15) is 9.18 Å². The molecule has 0 saturated heterocycles. The second-order valence-electron chi connectivity index (χ2n) is 4.92. The number of rotatable bonds is 7. The minimum absolute atomic E-state index is 0.125. The zero-order chi connectivity index (χ0) is 14.5. The predicted octanol–water partition coefficient (Wildman–Crippen LogP) is 2.51. The Labute approximate surface area is 118 Å². The minimum atomic E-state index is -0.389. The molecule has 20 heavy (non-hydrogen) atoms. The molecule has 0 bridgehead atoms. The van der Waals surface area contributed by atoms with Crippen molar-refractivity contribution in [3.05, 3.63) is 29.6 Å². The van der Waals surface area contributed by atoms with Crippen LogP contribution in [0.4, 0.5) is 10.1 Å². The van der Waals surface area contributed by atoms with Crippen molar-refractivity contribution in [1.82, 2.24) is 4.90 Å². The molecule has 1 aliphatic carbocycles. The Balaban J connectivity index is 2.24. The average Bonchev–Trinajstić information content (AvgIpc) is 3.26. The first-order valence-corrected chi connectivity index (χ1v) is 7.01. The normalized spacial score (nSPS) is 14.2. The number of nitrogens with one attached hydrogen (secondary N) is 1. The standard InChI is InChI=1S/C15H21FN2O2/c1-3-17-14-12(5-4-6-13(14)16)15(19)18(9-10-20-2)11-7-8-11/h4-6,11,17H,3,7-10H2,1-2H3. The van der Waals surface area contributed by atoms with Gasteiger partial charge >= 0.3 is 0 Å². The van der Waals surface area contributed by atoms with Gasteiger partial charge in [0.05, 0.1) is 17.9 Å². The molecule has 1 aliphatic rings. The molecule has 0 heterocycles. The molecule has 0 unspecified atom stereocenters. The number of amides is 1. The van der Waals surface area contributed by atoms with Gasteiger partial charge in [0.25, 0.3) is 5.91 Å². The minimum Gasteiger partial charge on any atom is -0.383 e. The van der Waals surface area contributed by atoms with Gasteiger partial charge < -0.3 is 15.0 Å². The molecular weight excluding hydrogens is 259 g/mol. The highest BCUT2D eigenvalue weighted by atomic mass is 19.1. The zero-order valence-electron chi connectivity index (χ0n) is 12.0. The summed E-state index contributed by atoms with van der Waals surface area (Å²) in [6.45, 7) is 3.49. The molecule has 0 spiro atoms. The van der Waals surface area contributed by atoms with Crippen LogP contribution in [-0.4, -0.2) is 43.7 Å². The van der Waals surface area contributed by atoms with Gasteiger partial charge in [0.2, 0.25) is 0 Å². The van der Waals surface area contributed by atoms with E-state index in [0.29, 0.717) is 30.9 Å². The molecule has 5 heteroatoms. The van der Waals surface area contributed by atoms with Crippen LogP contribution in [0, 0.1) is 5.82 Å². The van der Waals surface area contributed by atoms with Crippen LogP contribution in [-0.2, 0) is 4.74 Å². The summed E-state index contributed by atoms with van der Waals surface area (Å²) < 4.78 is 18.9. The summed E-state index contributed by atoms with van der Waals surface area (Å²) in [5, 5.41) is 2.94. The van der Waals surface area contributed by atoms with E-state index in [1.54, 1.807) is 24.1 Å². The van der Waals surface area contributed by atoms with Crippen LogP contribution < -0.4 is 5.32 Å². The molecular formula is C15H21FN2O2. The third kappa shape index (κ3) is 3.28. The zero-order valence-corrected chi connectivity index (χ0v) is 12.0. The van der Waals surface area contributed by atoms with Gasteiger partial charge in [-0.1, -0.05) is 6.07 Å². The molecule has 0 atom stereocenters. The summed E-state index contributed by atoms with van der Waals surface area (Å²) >= 11 is 0. The topological polar surface area (TPSA) is 41.6 Å². The molecule has 1 aromatic rings. The lowest BCUT2D eigenvalue weighted by molar-refractivity contribution is 0.0680. The summed E-state index contributed by atoms with van der Waals surface area (Å²) in [4.78, 5) is 14.4. The van der Waals surface area contributed by atoms with Crippen LogP contribution in [0.2, 0.25) is 0 Å². The number of methoxy groups -OCH3 is 1. The van der Waals surface area contributed by atoms with Crippen molar-refractivity contribution >= 4 is 11.6 Å². The second-order valence-corrected chi connectivity index (χ2v) is 4.92. The van der Waals surface area contributed by atoms with E-state index in [2.05, 4.69) is 5.32 Å². The van der Waals surface area contributed by atoms with Crippen LogP contribution in [0.25, 0.3) is 0 Å². The number of anilines is 1. The fourth-order valence-electron chi connectivity index (χ4n) is 2.24. The van der Waals surface area contributed by atoms with Crippen molar-refractivity contribution in [2.45, 2.75) is 25.8 Å². The van der Waals surface area contributed by atoms with E-state index >= 15 is 0 Å². The van der Waals surface area contributed by atoms with Gasteiger partial charge in [0, 0.05) is 26.2 Å². The number of ether oxygens (including phenoxy) is 1. The molecule has 1 saturated carbocycles. The Bertz CT molecular complexity index is 475. The van der Waals surface area contributed by atoms with Crippen molar-refractivity contribution in [2.75, 3.05) is 32.1 Å². The molecule has 4 nitrogen and oxygen atoms in total. The Morgan fingerprint density at radius 1 is 1.50 bits per heavy atom. The summed E-state index contributed by atoms with van der Waals surface area (Å²) in [7, 11) is 1.61. The lowest BCUT2D eigenvalue weighted by atomic mass is 10.1. The highest BCUT2D eigenvalue weighted by Gasteiger charge is 2.33. The van der Waals surface area contributed by atoms with Crippen molar-refractivity contribution in [2.24, 2.45) is 0 Å². The summed E-state index contributed by atoms with van der Waals surface area (Å²) in [6, 6.07) is 4.89. The molecule has 110 valence electrons. The van der Waals surface area contributed by atoms with Crippen LogP contribution in [0.15, 0.2) is 18.2 Å². The highest BCUT2D eigenvalue weighted by molar-refractivity contribution is 6.00. The van der Waals surface area contributed by atoms with Gasteiger partial charge in [-0.25, -0.2) is 4.39 Å². The molecule has 1 N–H and O–H groups in total. The maximum Gasteiger partial charge on any atom is 0.256 e. The molecule has 1 aromatic carbocycles. The van der Waals surface area contributed by atoms with E-state index in [-0.39, 0.29) is 17.8 Å². The largest absolute Gasteiger partial charge is 0.383 e. The fourth-order valence-corrected chi connectivity index (χ4v) is 2.24. The predicted molar refractivity (Wildman–Crippen MR) is 76.5 cm³/mol. The summed E-state index contributed by atoms with van der Waals surface area (Å²) in [6.07, 6.45) is 2.03. The molecule has 0 radical (unpaired) electrons. The van der Waals surface area contributed by atoms with Crippen LogP contribution in [0.5, 0.6) is 0 Å². The van der Waals surface area contributed by atoms with Crippen LogP contribution >= 0.6 is 0 Å². The van der Waals surface area contributed by atoms with E-state index in [1.165, 1.54) is 6.07 Å². The quantitative estimate of drug-likeness (QED) is 0.834. The van der Waals surface area contributed by atoms with Gasteiger partial charge in [-0.05, 0) is 31.9 Å². The monoisotopic (exact) mass is 280 g/mol. The van der Waals surface area contributed by atoms with Crippen molar-refractivity contribution in [3.8, 4) is 0 Å². The Kier molecular flexibility index (Phi) is 4.95. The number of benzene rings is 1. The fraction of sp³-hybridized carbons (Fsp3) is 0.533. The number of hydrogen-bond acceptors (Lipinski definition) is 3. The summed E-state index contributed by atoms with van der Waals surface area (Å²) in [5.74, 6) is -0.514. The van der Waals surface area contributed by atoms with Gasteiger partial charge in [0.15, 0.2) is 0 Å². The number of carbonyl (C=O) groups is 1. The van der Waals surface area contributed by atoms with E-state index in [0.717, 1.165) is 12.8 Å². The lowest BCUT2D eigenvalue weighted by Crippen LogP contribution is -2.36. The molecule has 1 amide bonds. The van der Waals surface area contributed by atoms with Crippen molar-refractivity contribution in [3.63, 3.8) is 0 Å². The summed E-state index contributed by atoms with van der Waals surface area (Å²) in [5.41, 5.74) is 0.693. The van der Waals surface area contributed by atoms with Gasteiger partial charge in [-0.3, -0.25) is 4.79 Å². The molecule has 0 aromatic heterocycles. The smallest absolute Gasteiger partial charge is 0.256 e. The molecule has 1 fully saturated rings. The number of halogens is 1. The average molecular weight is 280 g/mol. The first-order valence-electron chi connectivity index (χ1n) is 7.01. The third-order valence-corrected chi connectivity index (χ3v) is 3.38. The Morgan fingerprint density at radius 3 is 2.85 bits per heavy atom. The van der Waals surface area contributed by atoms with Crippen molar-refractivity contribution < 1.29 is 13.9 Å². The number of para-hydroxylation sites is 1. The Hall–Kier alpha value is -1.62. The number of carbonyl (C=O) groups excluding carboxylic acids is 1. The number of hydrogen-bond donors (Lipinski definition) is 1. The van der Waals surface area contributed by atoms with E-state index in [4.69, 9.17) is 4.74 Å². The van der Waals surface area contributed by atoms with Crippen LogP contribution in [0.3, 0.4) is 0 Å². The van der Waals surface area contributed by atoms with Crippen molar-refractivity contribution in [1.29, 1.82) is 0 Å². The van der Waals surface area contributed by atoms with E-state index in [1.807, 2.05) is 6.92 Å². The SMILES string of the molecule is CCNc1c(F)cccc1C(=O)N(CCOC)C1CC1. The molecule has 2 rings (SSSR count). The maximum atomic E-state index is 13.9. The first-order chi connectivity index (χ1) is 9.69. The first kappa shape index (κ1) is 14.8. The van der Waals surface area contributed by atoms with Gasteiger partial charge in [-0.15, -0.1) is 0 Å². The van der Waals surface area contributed by atoms with Crippen LogP contribution in [0.1, 0.15) is 30.1 Å². The molecule has 0 aliphatic heterocycles. The Morgan fingerprint density at radius 2 is 2.25 bits per heavy atom.